The summed E-state index contributed by atoms with van der Waals surface area (Å²) in [4.78, 5) is 3.99. The van der Waals surface area contributed by atoms with E-state index in [0.717, 1.165) is 0 Å². The minimum absolute atomic E-state index is 0.0425. The molecule has 0 aliphatic carbocycles. The van der Waals surface area contributed by atoms with Crippen LogP contribution in [0.15, 0.2) is 28.8 Å². The highest BCUT2D eigenvalue weighted by molar-refractivity contribution is 5.63. The summed E-state index contributed by atoms with van der Waals surface area (Å²) in [6, 6.07) is 7.07. The first-order valence-electron chi connectivity index (χ1n) is 6.12. The van der Waals surface area contributed by atoms with Gasteiger partial charge in [-0.15, -0.1) is 0 Å². The third-order valence-corrected chi connectivity index (χ3v) is 2.57. The molecule has 0 amide bonds. The van der Waals surface area contributed by atoms with Gasteiger partial charge in [-0.1, -0.05) is 17.3 Å². The lowest BCUT2D eigenvalue weighted by molar-refractivity contribution is -0.00754. The quantitative estimate of drug-likeness (QED) is 0.881. The second-order valence-electron chi connectivity index (χ2n) is 4.05. The molecule has 0 saturated heterocycles. The molecule has 7 heteroatoms. The zero-order valence-corrected chi connectivity index (χ0v) is 10.8. The first-order valence-corrected chi connectivity index (χ1v) is 6.12. The zero-order valence-electron chi connectivity index (χ0n) is 10.8. The molecule has 1 atom stereocenters. The lowest BCUT2D eigenvalue weighted by Crippen LogP contribution is -2.20. The molecule has 2 rings (SSSR count). The average molecular weight is 284 g/mol. The number of rotatable bonds is 6. The third-order valence-electron chi connectivity index (χ3n) is 2.57. The Hall–Kier alpha value is -2.02. The van der Waals surface area contributed by atoms with E-state index in [1.54, 1.807) is 24.3 Å². The van der Waals surface area contributed by atoms with Crippen LogP contribution in [-0.4, -0.2) is 34.4 Å². The van der Waals surface area contributed by atoms with Gasteiger partial charge in [-0.3, -0.25) is 0 Å². The summed E-state index contributed by atoms with van der Waals surface area (Å²) in [5.41, 5.74) is 0.607. The van der Waals surface area contributed by atoms with Crippen LogP contribution >= 0.6 is 0 Å². The number of nitrogens with zero attached hydrogens (tertiary/aromatic N) is 2. The van der Waals surface area contributed by atoms with Crippen molar-refractivity contribution < 1.29 is 23.1 Å². The molecule has 0 bridgehead atoms. The molecule has 1 unspecified atom stereocenters. The van der Waals surface area contributed by atoms with Crippen LogP contribution in [0.5, 0.6) is 5.75 Å². The first-order chi connectivity index (χ1) is 9.61. The maximum absolute atomic E-state index is 12.2. The lowest BCUT2D eigenvalue weighted by Gasteiger charge is -2.06. The molecule has 0 saturated carbocycles. The molecule has 5 nitrogen and oxygen atoms in total. The topological polar surface area (TPSA) is 68.4 Å². The van der Waals surface area contributed by atoms with Crippen molar-refractivity contribution in [1.82, 2.24) is 10.1 Å². The molecule has 1 aromatic carbocycles. The van der Waals surface area contributed by atoms with Crippen LogP contribution in [0.3, 0.4) is 0 Å². The van der Waals surface area contributed by atoms with Crippen molar-refractivity contribution in [3.63, 3.8) is 0 Å². The van der Waals surface area contributed by atoms with Crippen LogP contribution in [0.25, 0.3) is 11.4 Å². The monoisotopic (exact) mass is 284 g/mol. The summed E-state index contributed by atoms with van der Waals surface area (Å²) >= 11 is 0. The molecule has 0 aliphatic rings. The minimum Gasteiger partial charge on any atom is -0.493 e. The van der Waals surface area contributed by atoms with E-state index in [1.165, 1.54) is 0 Å². The number of para-hydroxylation sites is 1. The Kier molecular flexibility index (Phi) is 4.62. The Morgan fingerprint density at radius 3 is 2.80 bits per heavy atom. The number of ether oxygens (including phenoxy) is 1. The molecule has 108 valence electrons. The molecule has 2 aromatic rings. The molecule has 1 aromatic heterocycles. The zero-order chi connectivity index (χ0) is 14.5. The van der Waals surface area contributed by atoms with Gasteiger partial charge in [0, 0.05) is 0 Å². The Labute approximate surface area is 114 Å². The number of halogens is 2. The summed E-state index contributed by atoms with van der Waals surface area (Å²) in [6.07, 6.45) is -5.05. The largest absolute Gasteiger partial charge is 0.493 e. The number of benzene rings is 1. The summed E-state index contributed by atoms with van der Waals surface area (Å²) < 4.78 is 34.8. The van der Waals surface area contributed by atoms with E-state index < -0.39 is 12.5 Å². The van der Waals surface area contributed by atoms with Gasteiger partial charge in [-0.2, -0.15) is 4.98 Å². The lowest BCUT2D eigenvalue weighted by atomic mass is 10.2. The van der Waals surface area contributed by atoms with Crippen molar-refractivity contribution in [3.8, 4) is 17.1 Å². The Bertz CT molecular complexity index is 560. The van der Waals surface area contributed by atoms with Crippen molar-refractivity contribution in [2.24, 2.45) is 0 Å². The maximum atomic E-state index is 12.2. The predicted molar refractivity (Wildman–Crippen MR) is 66.6 cm³/mol. The minimum atomic E-state index is -2.85. The molecule has 0 fully saturated rings. The molecule has 20 heavy (non-hydrogen) atoms. The van der Waals surface area contributed by atoms with Crippen LogP contribution in [0.2, 0.25) is 0 Å². The number of alkyl halides is 2. The summed E-state index contributed by atoms with van der Waals surface area (Å²) in [6.45, 7) is 2.32. The van der Waals surface area contributed by atoms with Gasteiger partial charge in [-0.25, -0.2) is 8.78 Å². The second kappa shape index (κ2) is 6.42. The van der Waals surface area contributed by atoms with E-state index in [4.69, 9.17) is 14.4 Å². The van der Waals surface area contributed by atoms with E-state index in [2.05, 4.69) is 10.1 Å². The van der Waals surface area contributed by atoms with Gasteiger partial charge < -0.3 is 14.4 Å². The van der Waals surface area contributed by atoms with Crippen molar-refractivity contribution >= 4 is 0 Å². The van der Waals surface area contributed by atoms with Crippen molar-refractivity contribution in [1.29, 1.82) is 0 Å². The normalized spacial score (nSPS) is 12.7. The van der Waals surface area contributed by atoms with Gasteiger partial charge in [0.25, 0.3) is 6.43 Å². The summed E-state index contributed by atoms with van der Waals surface area (Å²) in [5.74, 6) is 0.779. The molecule has 1 N–H and O–H groups in total. The number of hydrogen-bond donors (Lipinski definition) is 1. The molecule has 0 aliphatic heterocycles. The Morgan fingerprint density at radius 2 is 2.10 bits per heavy atom. The second-order valence-corrected chi connectivity index (χ2v) is 4.05. The van der Waals surface area contributed by atoms with E-state index >= 15 is 0 Å². The Morgan fingerprint density at radius 1 is 1.35 bits per heavy atom. The number of hydrogen-bond acceptors (Lipinski definition) is 5. The third kappa shape index (κ3) is 3.30. The van der Waals surface area contributed by atoms with E-state index in [0.29, 0.717) is 17.9 Å². The summed E-state index contributed by atoms with van der Waals surface area (Å²) in [7, 11) is 0. The molecular weight excluding hydrogens is 270 g/mol. The smallest absolute Gasteiger partial charge is 0.264 e. The van der Waals surface area contributed by atoms with Gasteiger partial charge in [0.05, 0.1) is 18.6 Å². The maximum Gasteiger partial charge on any atom is 0.264 e. The first kappa shape index (κ1) is 14.4. The van der Waals surface area contributed by atoms with Gasteiger partial charge in [0.2, 0.25) is 11.7 Å². The highest BCUT2D eigenvalue weighted by Crippen LogP contribution is 2.27. The van der Waals surface area contributed by atoms with Crippen LogP contribution in [0, 0.1) is 0 Å². The van der Waals surface area contributed by atoms with Crippen LogP contribution < -0.4 is 4.74 Å². The van der Waals surface area contributed by atoms with E-state index in [9.17, 15) is 8.78 Å². The fourth-order valence-corrected chi connectivity index (χ4v) is 1.65. The van der Waals surface area contributed by atoms with Crippen molar-refractivity contribution in [3.05, 3.63) is 30.2 Å². The van der Waals surface area contributed by atoms with E-state index in [1.807, 2.05) is 6.92 Å². The van der Waals surface area contributed by atoms with Crippen molar-refractivity contribution in [2.75, 3.05) is 6.61 Å². The van der Waals surface area contributed by atoms with Gasteiger partial charge in [-0.05, 0) is 19.1 Å². The highest BCUT2D eigenvalue weighted by atomic mass is 19.3. The number of aromatic nitrogens is 2. The molecule has 0 radical (unpaired) electrons. The number of aliphatic hydroxyl groups excluding tert-OH is 1. The Balaban J connectivity index is 2.20. The van der Waals surface area contributed by atoms with E-state index in [-0.39, 0.29) is 18.1 Å². The number of aliphatic hydroxyl groups is 1. The average Bonchev–Trinajstić information content (AvgIpc) is 2.88. The fraction of sp³-hybridized carbons (Fsp3) is 0.385. The SMILES string of the molecule is CCOc1ccccc1-c1noc(CC(O)C(F)F)n1. The van der Waals surface area contributed by atoms with Gasteiger partial charge >= 0.3 is 0 Å². The van der Waals surface area contributed by atoms with Crippen LogP contribution in [-0.2, 0) is 6.42 Å². The van der Waals surface area contributed by atoms with Crippen LogP contribution in [0.4, 0.5) is 8.78 Å². The van der Waals surface area contributed by atoms with Crippen LogP contribution in [0.1, 0.15) is 12.8 Å². The predicted octanol–water partition coefficient (Wildman–Crippen LogP) is 2.30. The fourth-order valence-electron chi connectivity index (χ4n) is 1.65. The van der Waals surface area contributed by atoms with Crippen molar-refractivity contribution in [2.45, 2.75) is 25.9 Å². The summed E-state index contributed by atoms with van der Waals surface area (Å²) in [5, 5.41) is 12.8. The van der Waals surface area contributed by atoms with Gasteiger partial charge in [0.15, 0.2) is 0 Å². The molecular formula is C13H14F2N2O3. The standard InChI is InChI=1S/C13H14F2N2O3/c1-2-19-10-6-4-3-5-8(10)13-16-11(20-17-13)7-9(18)12(14)15/h3-6,9,12,18H,2,7H2,1H3. The van der Waals surface area contributed by atoms with Gasteiger partial charge in [0.1, 0.15) is 11.9 Å². The molecule has 0 spiro atoms. The molecule has 1 heterocycles. The highest BCUT2D eigenvalue weighted by Gasteiger charge is 2.21.